The van der Waals surface area contributed by atoms with E-state index in [0.29, 0.717) is 13.0 Å². The third kappa shape index (κ3) is 3.53. The smallest absolute Gasteiger partial charge is 0.131 e. The van der Waals surface area contributed by atoms with Crippen molar-refractivity contribution in [3.8, 4) is 0 Å². The van der Waals surface area contributed by atoms with Gasteiger partial charge in [0.25, 0.3) is 0 Å². The van der Waals surface area contributed by atoms with E-state index in [1.165, 1.54) is 11.1 Å². The van der Waals surface area contributed by atoms with Crippen LogP contribution in [0.15, 0.2) is 36.5 Å². The summed E-state index contributed by atoms with van der Waals surface area (Å²) in [5.74, 6) is 1.63. The number of aromatic nitrogens is 2. The van der Waals surface area contributed by atoms with E-state index in [0.717, 1.165) is 18.2 Å². The predicted octanol–water partition coefficient (Wildman–Crippen LogP) is 1.90. The lowest BCUT2D eigenvalue weighted by atomic mass is 10.1. The molecule has 4 heteroatoms. The van der Waals surface area contributed by atoms with Gasteiger partial charge in [-0.15, -0.1) is 0 Å². The number of aryl methyl sites for hydroxylation is 1. The fraction of sp³-hybridized carbons (Fsp3) is 0.286. The van der Waals surface area contributed by atoms with Gasteiger partial charge >= 0.3 is 0 Å². The van der Waals surface area contributed by atoms with Crippen LogP contribution in [0.25, 0.3) is 0 Å². The zero-order valence-electron chi connectivity index (χ0n) is 10.6. The summed E-state index contributed by atoms with van der Waals surface area (Å²) >= 11 is 0. The van der Waals surface area contributed by atoms with Crippen molar-refractivity contribution in [2.45, 2.75) is 19.9 Å². The molecule has 1 heterocycles. The van der Waals surface area contributed by atoms with Crippen LogP contribution in [0.3, 0.4) is 0 Å². The summed E-state index contributed by atoms with van der Waals surface area (Å²) in [4.78, 5) is 8.56. The Morgan fingerprint density at radius 3 is 2.67 bits per heavy atom. The molecule has 1 aromatic carbocycles. The van der Waals surface area contributed by atoms with Crippen molar-refractivity contribution in [3.05, 3.63) is 53.5 Å². The van der Waals surface area contributed by atoms with Crippen molar-refractivity contribution in [3.63, 3.8) is 0 Å². The van der Waals surface area contributed by atoms with Crippen molar-refractivity contribution in [2.24, 2.45) is 5.73 Å². The van der Waals surface area contributed by atoms with Gasteiger partial charge in [-0.25, -0.2) is 9.97 Å². The molecule has 0 unspecified atom stereocenters. The highest BCUT2D eigenvalue weighted by molar-refractivity contribution is 5.35. The minimum absolute atomic E-state index is 0.571. The fourth-order valence-electron chi connectivity index (χ4n) is 1.65. The first-order valence-electron chi connectivity index (χ1n) is 6.09. The summed E-state index contributed by atoms with van der Waals surface area (Å²) in [6.07, 6.45) is 2.47. The number of anilines is 1. The Balaban J connectivity index is 1.97. The molecule has 2 rings (SSSR count). The Morgan fingerprint density at radius 1 is 1.17 bits per heavy atom. The van der Waals surface area contributed by atoms with E-state index in [-0.39, 0.29) is 0 Å². The second-order valence-corrected chi connectivity index (χ2v) is 4.24. The SMILES string of the molecule is Cc1ccc(CNc2ccnc(CCN)n2)cc1. The second kappa shape index (κ2) is 6.12. The van der Waals surface area contributed by atoms with E-state index in [1.54, 1.807) is 6.20 Å². The van der Waals surface area contributed by atoms with Gasteiger partial charge in [0, 0.05) is 19.2 Å². The lowest BCUT2D eigenvalue weighted by Crippen LogP contribution is -2.08. The predicted molar refractivity (Wildman–Crippen MR) is 73.3 cm³/mol. The molecule has 4 nitrogen and oxygen atoms in total. The van der Waals surface area contributed by atoms with Gasteiger partial charge in [-0.3, -0.25) is 0 Å². The molecule has 0 aliphatic carbocycles. The zero-order chi connectivity index (χ0) is 12.8. The molecule has 3 N–H and O–H groups in total. The Bertz CT molecular complexity index is 493. The minimum Gasteiger partial charge on any atom is -0.366 e. The number of nitrogens with zero attached hydrogens (tertiary/aromatic N) is 2. The summed E-state index contributed by atoms with van der Waals surface area (Å²) in [6, 6.07) is 10.3. The van der Waals surface area contributed by atoms with Crippen LogP contribution in [0.4, 0.5) is 5.82 Å². The van der Waals surface area contributed by atoms with Crippen LogP contribution in [0.2, 0.25) is 0 Å². The molecule has 0 amide bonds. The summed E-state index contributed by atoms with van der Waals surface area (Å²) in [5.41, 5.74) is 7.99. The third-order valence-corrected chi connectivity index (χ3v) is 2.67. The van der Waals surface area contributed by atoms with Gasteiger partial charge in [-0.2, -0.15) is 0 Å². The maximum absolute atomic E-state index is 5.49. The third-order valence-electron chi connectivity index (χ3n) is 2.67. The van der Waals surface area contributed by atoms with Crippen molar-refractivity contribution in [2.75, 3.05) is 11.9 Å². The molecule has 0 radical (unpaired) electrons. The highest BCUT2D eigenvalue weighted by Gasteiger charge is 1.98. The number of hydrogen-bond donors (Lipinski definition) is 2. The van der Waals surface area contributed by atoms with Crippen LogP contribution < -0.4 is 11.1 Å². The molecule has 0 atom stereocenters. The molecule has 94 valence electrons. The second-order valence-electron chi connectivity index (χ2n) is 4.24. The molecule has 0 aliphatic rings. The lowest BCUT2D eigenvalue weighted by Gasteiger charge is -2.07. The van der Waals surface area contributed by atoms with E-state index >= 15 is 0 Å². The Kier molecular flexibility index (Phi) is 4.25. The summed E-state index contributed by atoms with van der Waals surface area (Å²) in [6.45, 7) is 3.42. The molecule has 0 fully saturated rings. The van der Waals surface area contributed by atoms with Crippen LogP contribution in [-0.4, -0.2) is 16.5 Å². The number of nitrogens with one attached hydrogen (secondary N) is 1. The highest BCUT2D eigenvalue weighted by atomic mass is 15.0. The number of hydrogen-bond acceptors (Lipinski definition) is 4. The van der Waals surface area contributed by atoms with Crippen LogP contribution in [0.5, 0.6) is 0 Å². The summed E-state index contributed by atoms with van der Waals surface area (Å²) < 4.78 is 0. The molecule has 1 aromatic heterocycles. The lowest BCUT2D eigenvalue weighted by molar-refractivity contribution is 0.865. The minimum atomic E-state index is 0.571. The first kappa shape index (κ1) is 12.5. The summed E-state index contributed by atoms with van der Waals surface area (Å²) in [7, 11) is 0. The van der Waals surface area contributed by atoms with Gasteiger partial charge in [-0.05, 0) is 25.1 Å². The average Bonchev–Trinajstić information content (AvgIpc) is 2.39. The molecule has 0 spiro atoms. The van der Waals surface area contributed by atoms with Gasteiger partial charge in [-0.1, -0.05) is 29.8 Å². The van der Waals surface area contributed by atoms with E-state index < -0.39 is 0 Å². The first-order chi connectivity index (χ1) is 8.78. The van der Waals surface area contributed by atoms with Crippen LogP contribution in [0, 0.1) is 6.92 Å². The van der Waals surface area contributed by atoms with E-state index in [2.05, 4.69) is 46.5 Å². The van der Waals surface area contributed by atoms with E-state index in [4.69, 9.17) is 5.73 Å². The van der Waals surface area contributed by atoms with Gasteiger partial charge in [0.05, 0.1) is 0 Å². The quantitative estimate of drug-likeness (QED) is 0.840. The maximum atomic E-state index is 5.49. The average molecular weight is 242 g/mol. The van der Waals surface area contributed by atoms with Gasteiger partial charge in [0.15, 0.2) is 0 Å². The highest BCUT2D eigenvalue weighted by Crippen LogP contribution is 2.07. The van der Waals surface area contributed by atoms with Crippen molar-refractivity contribution in [1.29, 1.82) is 0 Å². The fourth-order valence-corrected chi connectivity index (χ4v) is 1.65. The molecule has 0 saturated carbocycles. The molecule has 18 heavy (non-hydrogen) atoms. The van der Waals surface area contributed by atoms with Crippen molar-refractivity contribution >= 4 is 5.82 Å². The number of nitrogens with two attached hydrogens (primary N) is 1. The summed E-state index contributed by atoms with van der Waals surface area (Å²) in [5, 5.41) is 3.29. The Labute approximate surface area is 107 Å². The van der Waals surface area contributed by atoms with Gasteiger partial charge in [0.2, 0.25) is 0 Å². The molecule has 0 aliphatic heterocycles. The topological polar surface area (TPSA) is 63.8 Å². The van der Waals surface area contributed by atoms with Crippen LogP contribution in [-0.2, 0) is 13.0 Å². The standard InChI is InChI=1S/C14H18N4/c1-11-2-4-12(5-3-11)10-17-14-7-9-16-13(18-14)6-8-15/h2-5,7,9H,6,8,10,15H2,1H3,(H,16,17,18). The largest absolute Gasteiger partial charge is 0.366 e. The molecular formula is C14H18N4. The van der Waals surface area contributed by atoms with Gasteiger partial charge in [0.1, 0.15) is 11.6 Å². The molecular weight excluding hydrogens is 224 g/mol. The number of rotatable bonds is 5. The van der Waals surface area contributed by atoms with Crippen LogP contribution >= 0.6 is 0 Å². The zero-order valence-corrected chi connectivity index (χ0v) is 10.6. The van der Waals surface area contributed by atoms with Gasteiger partial charge < -0.3 is 11.1 Å². The van der Waals surface area contributed by atoms with Crippen molar-refractivity contribution in [1.82, 2.24) is 9.97 Å². The normalized spacial score (nSPS) is 10.3. The maximum Gasteiger partial charge on any atom is 0.131 e. The van der Waals surface area contributed by atoms with Crippen LogP contribution in [0.1, 0.15) is 17.0 Å². The number of benzene rings is 1. The van der Waals surface area contributed by atoms with E-state index in [1.807, 2.05) is 6.07 Å². The monoisotopic (exact) mass is 242 g/mol. The van der Waals surface area contributed by atoms with Crippen molar-refractivity contribution < 1.29 is 0 Å². The molecule has 0 bridgehead atoms. The van der Waals surface area contributed by atoms with E-state index in [9.17, 15) is 0 Å². The first-order valence-corrected chi connectivity index (χ1v) is 6.09. The Morgan fingerprint density at radius 2 is 1.94 bits per heavy atom. The molecule has 2 aromatic rings. The Hall–Kier alpha value is -1.94. The molecule has 0 saturated heterocycles.